The standard InChI is InChI=1S/C15H31NO3.C12H24N2O5.C7H11NOS2.C3H6/c1-14(2,8-6-7-11-17)18-12-9-15(3,4)19-13-10-16-5;1-12(2,3)19-11(16)14-9-10(15)18-8-7-17-6-5-13-4;1-3-7(8-2)11-10-6-4-5-9;1-3-2/h11,16H,6-10,12-13H2,1-5H3;13H,5-9H2,1-4H3,(H,14,16);3,5H,2,4,6H2,1H3;3H,1H2,2H3/b;;7-3+;. The van der Waals surface area contributed by atoms with Crippen molar-refractivity contribution in [2.75, 3.05) is 72.5 Å². The van der Waals surface area contributed by atoms with Gasteiger partial charge in [0.2, 0.25) is 0 Å². The van der Waals surface area contributed by atoms with E-state index in [9.17, 15) is 19.2 Å². The Morgan fingerprint density at radius 1 is 0.808 bits per heavy atom. The molecule has 0 atom stereocenters. The van der Waals surface area contributed by atoms with Gasteiger partial charge in [-0.2, -0.15) is 0 Å². The van der Waals surface area contributed by atoms with Gasteiger partial charge in [0.15, 0.2) is 0 Å². The third kappa shape index (κ3) is 49.8. The Kier molecular flexibility index (Phi) is 41.8. The second-order valence-corrected chi connectivity index (χ2v) is 15.4. The summed E-state index contributed by atoms with van der Waals surface area (Å²) >= 11 is 0. The summed E-state index contributed by atoms with van der Waals surface area (Å²) in [5.74, 6) is 0.309. The van der Waals surface area contributed by atoms with Crippen LogP contribution in [0.5, 0.6) is 0 Å². The minimum Gasteiger partial charge on any atom is -0.462 e. The molecule has 0 spiro atoms. The van der Waals surface area contributed by atoms with Gasteiger partial charge in [-0.25, -0.2) is 4.79 Å². The maximum Gasteiger partial charge on any atom is 0.408 e. The van der Waals surface area contributed by atoms with Crippen molar-refractivity contribution in [3.05, 3.63) is 23.8 Å². The molecular weight excluding hydrogens is 709 g/mol. The molecule has 52 heavy (non-hydrogen) atoms. The van der Waals surface area contributed by atoms with Crippen molar-refractivity contribution in [3.63, 3.8) is 0 Å². The van der Waals surface area contributed by atoms with Crippen LogP contribution in [0.3, 0.4) is 0 Å². The lowest BCUT2D eigenvalue weighted by Gasteiger charge is -2.29. The molecule has 15 heteroatoms. The molecule has 13 nitrogen and oxygen atoms in total. The number of alkyl carbamates (subject to hydrolysis) is 1. The topological polar surface area (TPSA) is 163 Å². The van der Waals surface area contributed by atoms with Gasteiger partial charge in [-0.05, 0) is 113 Å². The van der Waals surface area contributed by atoms with Crippen molar-refractivity contribution in [1.82, 2.24) is 16.0 Å². The summed E-state index contributed by atoms with van der Waals surface area (Å²) in [6, 6.07) is 0. The molecule has 0 bridgehead atoms. The van der Waals surface area contributed by atoms with E-state index in [0.29, 0.717) is 39.3 Å². The molecule has 0 rings (SSSR count). The SMILES string of the molecule is C=CC.C=N/C(=C\C)SSCCC=O.CNCCOC(C)(C)CCOC(C)(C)CCCC=O.CNCCOCCOC(=O)CNC(=O)OC(C)(C)C. The molecule has 306 valence electrons. The Balaban J connectivity index is -0.000000330. The minimum absolute atomic E-state index is 0.157. The van der Waals surface area contributed by atoms with Gasteiger partial charge in [-0.15, -0.1) is 6.58 Å². The number of unbranched alkanes of at least 4 members (excludes halogenated alkanes) is 1. The smallest absolute Gasteiger partial charge is 0.408 e. The summed E-state index contributed by atoms with van der Waals surface area (Å²) < 4.78 is 26.7. The lowest BCUT2D eigenvalue weighted by Crippen LogP contribution is -2.36. The van der Waals surface area contributed by atoms with E-state index in [2.05, 4.69) is 61.9 Å². The Hall–Kier alpha value is -2.27. The first kappa shape index (κ1) is 56.5. The zero-order valence-electron chi connectivity index (χ0n) is 34.1. The third-order valence-corrected chi connectivity index (χ3v) is 8.19. The number of carbonyl (C=O) groups is 4. The summed E-state index contributed by atoms with van der Waals surface area (Å²) in [6.07, 6.45) is 8.77. The molecule has 0 aliphatic heterocycles. The average Bonchev–Trinajstić information content (AvgIpc) is 3.05. The molecule has 0 aliphatic carbocycles. The number of allylic oxidation sites excluding steroid dienone is 2. The van der Waals surface area contributed by atoms with Crippen molar-refractivity contribution >= 4 is 52.9 Å². The van der Waals surface area contributed by atoms with E-state index in [0.717, 1.165) is 55.7 Å². The summed E-state index contributed by atoms with van der Waals surface area (Å²) in [4.78, 5) is 46.5. The number of esters is 1. The largest absolute Gasteiger partial charge is 0.462 e. The molecule has 0 unspecified atom stereocenters. The summed E-state index contributed by atoms with van der Waals surface area (Å²) in [5, 5.41) is 9.21. The fourth-order valence-corrected chi connectivity index (χ4v) is 5.02. The van der Waals surface area contributed by atoms with Crippen molar-refractivity contribution in [1.29, 1.82) is 0 Å². The third-order valence-electron chi connectivity index (χ3n) is 5.77. The van der Waals surface area contributed by atoms with Crippen LogP contribution in [0.2, 0.25) is 0 Å². The van der Waals surface area contributed by atoms with Crippen molar-refractivity contribution in [2.24, 2.45) is 4.99 Å². The number of rotatable bonds is 26. The van der Waals surface area contributed by atoms with Crippen molar-refractivity contribution in [3.8, 4) is 0 Å². The minimum atomic E-state index is -0.644. The summed E-state index contributed by atoms with van der Waals surface area (Å²) in [6.45, 7) is 28.0. The van der Waals surface area contributed by atoms with Crippen LogP contribution in [-0.2, 0) is 38.1 Å². The van der Waals surface area contributed by atoms with Crippen LogP contribution in [0.4, 0.5) is 4.79 Å². The van der Waals surface area contributed by atoms with E-state index >= 15 is 0 Å². The molecule has 0 fully saturated rings. The quantitative estimate of drug-likeness (QED) is 0.0216. The molecule has 3 N–H and O–H groups in total. The van der Waals surface area contributed by atoms with Gasteiger partial charge < -0.3 is 49.2 Å². The van der Waals surface area contributed by atoms with Crippen molar-refractivity contribution in [2.45, 2.75) is 111 Å². The first-order chi connectivity index (χ1) is 24.4. The monoisotopic (exact) mass is 780 g/mol. The molecule has 0 aromatic carbocycles. The predicted molar refractivity (Wildman–Crippen MR) is 218 cm³/mol. The van der Waals surface area contributed by atoms with Gasteiger partial charge in [0.1, 0.15) is 36.4 Å². The number of aldehydes is 2. The molecular formula is C37H72N4O9S2. The van der Waals surface area contributed by atoms with Gasteiger partial charge in [-0.3, -0.25) is 9.79 Å². The van der Waals surface area contributed by atoms with Crippen LogP contribution < -0.4 is 16.0 Å². The zero-order chi connectivity index (χ0) is 40.7. The number of aliphatic imine (C=N–C) groups is 1. The first-order valence-electron chi connectivity index (χ1n) is 17.6. The molecule has 0 aromatic rings. The van der Waals surface area contributed by atoms with E-state index in [1.54, 1.807) is 48.4 Å². The maximum absolute atomic E-state index is 11.2. The van der Waals surface area contributed by atoms with Gasteiger partial charge >= 0.3 is 12.1 Å². The number of hydrogen-bond donors (Lipinski definition) is 3. The number of hydrogen-bond acceptors (Lipinski definition) is 14. The molecule has 0 saturated carbocycles. The van der Waals surface area contributed by atoms with Gasteiger partial charge in [0, 0.05) is 31.7 Å². The Morgan fingerprint density at radius 2 is 1.37 bits per heavy atom. The van der Waals surface area contributed by atoms with Crippen molar-refractivity contribution < 1.29 is 42.9 Å². The van der Waals surface area contributed by atoms with Crippen LogP contribution in [0, 0.1) is 0 Å². The first-order valence-corrected chi connectivity index (χ1v) is 19.9. The van der Waals surface area contributed by atoms with E-state index in [-0.39, 0.29) is 24.4 Å². The molecule has 0 heterocycles. The van der Waals surface area contributed by atoms with Crippen LogP contribution in [0.25, 0.3) is 0 Å². The Bertz CT molecular complexity index is 945. The second kappa shape index (κ2) is 38.5. The summed E-state index contributed by atoms with van der Waals surface area (Å²) in [5.41, 5.74) is -0.908. The van der Waals surface area contributed by atoms with Crippen LogP contribution >= 0.6 is 21.6 Å². The number of nitrogens with zero attached hydrogens (tertiary/aromatic N) is 1. The number of likely N-dealkylation sites (N-methyl/N-ethyl adjacent to an activating group) is 2. The Morgan fingerprint density at radius 3 is 1.88 bits per heavy atom. The highest BCUT2D eigenvalue weighted by Gasteiger charge is 2.22. The van der Waals surface area contributed by atoms with Gasteiger partial charge in [-0.1, -0.05) is 22.9 Å². The van der Waals surface area contributed by atoms with Crippen LogP contribution in [0.1, 0.15) is 94.4 Å². The Labute approximate surface area is 323 Å². The highest BCUT2D eigenvalue weighted by molar-refractivity contribution is 8.78. The van der Waals surface area contributed by atoms with E-state index < -0.39 is 17.7 Å². The molecule has 0 saturated heterocycles. The maximum atomic E-state index is 11.2. The zero-order valence-corrected chi connectivity index (χ0v) is 35.7. The number of nitrogens with one attached hydrogen (secondary N) is 3. The van der Waals surface area contributed by atoms with Crippen LogP contribution in [-0.4, -0.2) is 121 Å². The molecule has 1 amide bonds. The fraction of sp³-hybridized carbons (Fsp3) is 0.757. The highest BCUT2D eigenvalue weighted by Crippen LogP contribution is 2.30. The highest BCUT2D eigenvalue weighted by atomic mass is 33.1. The van der Waals surface area contributed by atoms with E-state index in [4.69, 9.17) is 23.7 Å². The summed E-state index contributed by atoms with van der Waals surface area (Å²) in [7, 11) is 6.91. The van der Waals surface area contributed by atoms with E-state index in [1.165, 1.54) is 0 Å². The lowest BCUT2D eigenvalue weighted by molar-refractivity contribution is -0.144. The number of amides is 1. The average molecular weight is 781 g/mol. The normalized spacial score (nSPS) is 11.2. The lowest BCUT2D eigenvalue weighted by atomic mass is 10.0. The number of carbonyl (C=O) groups excluding carboxylic acids is 4. The molecule has 0 aliphatic rings. The second-order valence-electron chi connectivity index (χ2n) is 13.0. The fourth-order valence-electron chi connectivity index (χ4n) is 3.12. The van der Waals surface area contributed by atoms with Gasteiger partial charge in [0.05, 0.1) is 37.6 Å². The van der Waals surface area contributed by atoms with Gasteiger partial charge in [0.25, 0.3) is 0 Å². The molecule has 0 aromatic heterocycles. The van der Waals surface area contributed by atoms with E-state index in [1.807, 2.05) is 34.0 Å². The molecule has 0 radical (unpaired) electrons. The van der Waals surface area contributed by atoms with Crippen LogP contribution in [0.15, 0.2) is 28.8 Å². The number of ether oxygens (including phenoxy) is 5. The predicted octanol–water partition coefficient (Wildman–Crippen LogP) is 6.56.